The number of carbonyl (C=O) groups is 1. The second-order valence-corrected chi connectivity index (χ2v) is 7.80. The molecular formula is C19H36O6P+. The van der Waals surface area contributed by atoms with Gasteiger partial charge >= 0.3 is 13.3 Å². The summed E-state index contributed by atoms with van der Waals surface area (Å²) >= 11 is 0. The Labute approximate surface area is 159 Å². The molecule has 6 nitrogen and oxygen atoms in total. The fourth-order valence-corrected chi connectivity index (χ4v) is 3.34. The summed E-state index contributed by atoms with van der Waals surface area (Å²) in [6.07, 6.45) is 3.16. The summed E-state index contributed by atoms with van der Waals surface area (Å²) in [4.78, 5) is 12.2. The van der Waals surface area contributed by atoms with Crippen molar-refractivity contribution in [2.45, 2.75) is 78.5 Å². The minimum atomic E-state index is -2.32. The molecule has 0 radical (unpaired) electrons. The first kappa shape index (κ1) is 25.4. The van der Waals surface area contributed by atoms with Crippen molar-refractivity contribution in [1.82, 2.24) is 0 Å². The van der Waals surface area contributed by atoms with E-state index < -0.39 is 25.1 Å². The summed E-state index contributed by atoms with van der Waals surface area (Å²) in [5.41, 5.74) is -0.239. The van der Waals surface area contributed by atoms with Crippen molar-refractivity contribution < 1.29 is 28.3 Å². The van der Waals surface area contributed by atoms with Crippen LogP contribution in [0.5, 0.6) is 0 Å². The SMILES string of the molecule is C=C(C)C(=O)[P+](=O)C(CC(OCCC)(OCCC)OCCC)OCCC. The predicted molar refractivity (Wildman–Crippen MR) is 104 cm³/mol. The van der Waals surface area contributed by atoms with Crippen molar-refractivity contribution in [3.63, 3.8) is 0 Å². The Morgan fingerprint density at radius 1 is 0.923 bits per heavy atom. The summed E-state index contributed by atoms with van der Waals surface area (Å²) in [6.45, 7) is 14.7. The van der Waals surface area contributed by atoms with Crippen molar-refractivity contribution in [2.75, 3.05) is 26.4 Å². The average molecular weight is 391 g/mol. The van der Waals surface area contributed by atoms with Crippen LogP contribution in [0.15, 0.2) is 12.2 Å². The van der Waals surface area contributed by atoms with E-state index in [9.17, 15) is 9.36 Å². The molecule has 26 heavy (non-hydrogen) atoms. The van der Waals surface area contributed by atoms with Gasteiger partial charge < -0.3 is 18.9 Å². The van der Waals surface area contributed by atoms with E-state index in [1.165, 1.54) is 0 Å². The van der Waals surface area contributed by atoms with Gasteiger partial charge in [0.05, 0.1) is 26.4 Å². The lowest BCUT2D eigenvalue weighted by Crippen LogP contribution is -2.43. The zero-order valence-corrected chi connectivity index (χ0v) is 17.9. The van der Waals surface area contributed by atoms with Gasteiger partial charge in [0.2, 0.25) is 0 Å². The van der Waals surface area contributed by atoms with Crippen LogP contribution in [0.1, 0.15) is 66.7 Å². The minimum absolute atomic E-state index is 0.0707. The average Bonchev–Trinajstić information content (AvgIpc) is 2.64. The summed E-state index contributed by atoms with van der Waals surface area (Å²) in [5, 5.41) is 0. The van der Waals surface area contributed by atoms with Crippen molar-refractivity contribution in [3.8, 4) is 0 Å². The van der Waals surface area contributed by atoms with E-state index in [-0.39, 0.29) is 12.0 Å². The molecule has 0 aromatic rings. The molecule has 2 unspecified atom stereocenters. The van der Waals surface area contributed by atoms with Gasteiger partial charge in [-0.3, -0.25) is 0 Å². The van der Waals surface area contributed by atoms with Crippen LogP contribution >= 0.6 is 7.80 Å². The smallest absolute Gasteiger partial charge is 0.334 e. The maximum absolute atomic E-state index is 12.7. The maximum Gasteiger partial charge on any atom is 0.451 e. The largest absolute Gasteiger partial charge is 0.451 e. The molecule has 152 valence electrons. The van der Waals surface area contributed by atoms with Gasteiger partial charge in [0.1, 0.15) is 6.42 Å². The lowest BCUT2D eigenvalue weighted by atomic mass is 10.3. The molecule has 0 aromatic carbocycles. The summed E-state index contributed by atoms with van der Waals surface area (Å²) in [7, 11) is -2.32. The standard InChI is InChI=1S/C19H36O6P/c1-7-11-22-17(26(21)18(20)16(5)6)15-19(23-12-8-2,24-13-9-3)25-14-10-4/h17H,5,7-15H2,1-4,6H3/q+1. The van der Waals surface area contributed by atoms with Crippen molar-refractivity contribution >= 4 is 13.3 Å². The number of allylic oxidation sites excluding steroid dienone is 1. The van der Waals surface area contributed by atoms with Crippen LogP contribution < -0.4 is 0 Å². The van der Waals surface area contributed by atoms with E-state index >= 15 is 0 Å². The Morgan fingerprint density at radius 2 is 1.35 bits per heavy atom. The van der Waals surface area contributed by atoms with E-state index in [2.05, 4.69) is 6.58 Å². The molecule has 0 amide bonds. The molecule has 0 aliphatic heterocycles. The third kappa shape index (κ3) is 9.33. The van der Waals surface area contributed by atoms with Crippen LogP contribution in [-0.4, -0.2) is 43.8 Å². The van der Waals surface area contributed by atoms with Gasteiger partial charge in [-0.15, -0.1) is 0 Å². The molecule has 0 saturated carbocycles. The van der Waals surface area contributed by atoms with Crippen LogP contribution in [0.3, 0.4) is 0 Å². The molecule has 0 aliphatic rings. The Morgan fingerprint density at radius 3 is 1.69 bits per heavy atom. The second-order valence-electron chi connectivity index (χ2n) is 6.17. The molecule has 0 aromatic heterocycles. The third-order valence-electron chi connectivity index (χ3n) is 3.34. The maximum atomic E-state index is 12.7. The first-order valence-electron chi connectivity index (χ1n) is 9.57. The third-order valence-corrected chi connectivity index (χ3v) is 4.98. The first-order chi connectivity index (χ1) is 12.4. The number of hydrogen-bond donors (Lipinski definition) is 0. The molecule has 7 heteroatoms. The topological polar surface area (TPSA) is 71.1 Å². The van der Waals surface area contributed by atoms with E-state index in [4.69, 9.17) is 18.9 Å². The highest BCUT2D eigenvalue weighted by Crippen LogP contribution is 2.39. The van der Waals surface area contributed by atoms with Crippen molar-refractivity contribution in [1.29, 1.82) is 0 Å². The van der Waals surface area contributed by atoms with Gasteiger partial charge in [0, 0.05) is 5.57 Å². The Hall–Kier alpha value is -0.650. The van der Waals surface area contributed by atoms with Crippen LogP contribution in [0, 0.1) is 0 Å². The first-order valence-corrected chi connectivity index (χ1v) is 10.9. The highest BCUT2D eigenvalue weighted by molar-refractivity contribution is 7.65. The summed E-state index contributed by atoms with van der Waals surface area (Å²) in [6, 6.07) is 0. The molecule has 0 bridgehead atoms. The van der Waals surface area contributed by atoms with Gasteiger partial charge in [0.15, 0.2) is 0 Å². The second kappa shape index (κ2) is 14.4. The normalized spacial score (nSPS) is 13.5. The highest BCUT2D eigenvalue weighted by Gasteiger charge is 2.48. The zero-order valence-electron chi connectivity index (χ0n) is 17.0. The van der Waals surface area contributed by atoms with Gasteiger partial charge in [-0.25, -0.2) is 4.79 Å². The van der Waals surface area contributed by atoms with Crippen molar-refractivity contribution in [3.05, 3.63) is 12.2 Å². The molecule has 0 rings (SSSR count). The van der Waals surface area contributed by atoms with Gasteiger partial charge in [-0.05, 0) is 32.6 Å². The number of ether oxygens (including phenoxy) is 4. The Bertz CT molecular complexity index is 416. The fraction of sp³-hybridized carbons (Fsp3) is 0.842. The van der Waals surface area contributed by atoms with Crippen LogP contribution in [0.25, 0.3) is 0 Å². The Balaban J connectivity index is 5.54. The number of rotatable bonds is 17. The van der Waals surface area contributed by atoms with E-state index in [0.29, 0.717) is 26.4 Å². The predicted octanol–water partition coefficient (Wildman–Crippen LogP) is 4.99. The quantitative estimate of drug-likeness (QED) is 0.198. The minimum Gasteiger partial charge on any atom is -0.334 e. The Kier molecular flexibility index (Phi) is 14.1. The zero-order chi connectivity index (χ0) is 20.0. The monoisotopic (exact) mass is 391 g/mol. The summed E-state index contributed by atoms with van der Waals surface area (Å²) < 4.78 is 36.2. The fourth-order valence-electron chi connectivity index (χ4n) is 2.07. The molecule has 2 atom stereocenters. The van der Waals surface area contributed by atoms with E-state index in [1.807, 2.05) is 27.7 Å². The molecule has 0 heterocycles. The van der Waals surface area contributed by atoms with Gasteiger partial charge in [-0.1, -0.05) is 38.8 Å². The molecule has 0 aliphatic carbocycles. The number of carbonyl (C=O) groups excluding carboxylic acids is 1. The van der Waals surface area contributed by atoms with Gasteiger partial charge in [-0.2, -0.15) is 0 Å². The lowest BCUT2D eigenvalue weighted by molar-refractivity contribution is -0.387. The number of hydrogen-bond acceptors (Lipinski definition) is 6. The highest BCUT2D eigenvalue weighted by atomic mass is 31.1. The molecule has 0 N–H and O–H groups in total. The van der Waals surface area contributed by atoms with Gasteiger partial charge in [0.25, 0.3) is 11.8 Å². The van der Waals surface area contributed by atoms with Crippen LogP contribution in [0.2, 0.25) is 0 Å². The lowest BCUT2D eigenvalue weighted by Gasteiger charge is -2.33. The summed E-state index contributed by atoms with van der Waals surface area (Å²) in [5.74, 6) is -2.21. The molecular weight excluding hydrogens is 355 g/mol. The molecule has 0 fully saturated rings. The van der Waals surface area contributed by atoms with Crippen LogP contribution in [-0.2, 0) is 28.3 Å². The molecule has 0 spiro atoms. The molecule has 0 saturated heterocycles. The van der Waals surface area contributed by atoms with E-state index in [1.54, 1.807) is 6.92 Å². The van der Waals surface area contributed by atoms with E-state index in [0.717, 1.165) is 25.7 Å². The van der Waals surface area contributed by atoms with Crippen LogP contribution in [0.4, 0.5) is 0 Å². The van der Waals surface area contributed by atoms with Crippen molar-refractivity contribution in [2.24, 2.45) is 0 Å².